The number of piperidine rings is 1. The molecule has 39 heavy (non-hydrogen) atoms. The second kappa shape index (κ2) is 11.6. The Morgan fingerprint density at radius 2 is 1.90 bits per heavy atom. The molecule has 0 aliphatic carbocycles. The minimum absolute atomic E-state index is 0.115. The largest absolute Gasteiger partial charge is 0.593 e. The van der Waals surface area contributed by atoms with E-state index in [1.807, 2.05) is 54.9 Å². The van der Waals surface area contributed by atoms with Gasteiger partial charge in [0.2, 0.25) is 0 Å². The molecule has 1 saturated heterocycles. The highest BCUT2D eigenvalue weighted by molar-refractivity contribution is 7.99. The average molecular weight is 566 g/mol. The fraction of sp³-hybridized carbons (Fsp3) is 0.300. The fourth-order valence-electron chi connectivity index (χ4n) is 5.15. The van der Waals surface area contributed by atoms with Crippen LogP contribution in [0.25, 0.3) is 22.3 Å². The van der Waals surface area contributed by atoms with Crippen molar-refractivity contribution in [1.29, 1.82) is 0 Å². The number of anilines is 1. The minimum atomic E-state index is -1.25. The molecule has 3 aromatic carbocycles. The third kappa shape index (κ3) is 5.54. The summed E-state index contributed by atoms with van der Waals surface area (Å²) in [5, 5.41) is 3.44. The van der Waals surface area contributed by atoms with Crippen LogP contribution in [0.15, 0.2) is 70.0 Å². The highest BCUT2D eigenvalue weighted by Crippen LogP contribution is 2.42. The van der Waals surface area contributed by atoms with Gasteiger partial charge in [0, 0.05) is 49.8 Å². The zero-order valence-electron chi connectivity index (χ0n) is 22.5. The number of hydrogen-bond acceptors (Lipinski definition) is 6. The molecule has 1 unspecified atom stereocenters. The summed E-state index contributed by atoms with van der Waals surface area (Å²) in [5.41, 5.74) is 4.85. The first-order valence-electron chi connectivity index (χ1n) is 12.9. The molecule has 4 aromatic rings. The molecule has 0 bridgehead atoms. The Labute approximate surface area is 236 Å². The lowest BCUT2D eigenvalue weighted by Crippen LogP contribution is -2.39. The van der Waals surface area contributed by atoms with E-state index in [1.54, 1.807) is 31.1 Å². The second-order valence-corrected chi connectivity index (χ2v) is 12.2. The number of hydrogen-bond donors (Lipinski definition) is 1. The first-order valence-corrected chi connectivity index (χ1v) is 15.2. The summed E-state index contributed by atoms with van der Waals surface area (Å²) in [5.74, 6) is -0.100. The summed E-state index contributed by atoms with van der Waals surface area (Å²) in [6.07, 6.45) is 3.87. The number of benzene rings is 3. The summed E-state index contributed by atoms with van der Waals surface area (Å²) in [6.45, 7) is 3.42. The summed E-state index contributed by atoms with van der Waals surface area (Å²) >= 11 is 0.333. The first kappa shape index (κ1) is 27.6. The molecule has 0 radical (unpaired) electrons. The normalized spacial score (nSPS) is 16.8. The molecule has 5 rings (SSSR count). The maximum Gasteiger partial charge on any atom is 0.255 e. The van der Waals surface area contributed by atoms with Crippen molar-refractivity contribution in [3.63, 3.8) is 0 Å². The molecule has 0 spiro atoms. The van der Waals surface area contributed by atoms with Crippen molar-refractivity contribution >= 4 is 45.9 Å². The monoisotopic (exact) mass is 565 g/mol. The van der Waals surface area contributed by atoms with Crippen molar-refractivity contribution in [2.75, 3.05) is 37.7 Å². The van der Waals surface area contributed by atoms with E-state index in [0.717, 1.165) is 41.1 Å². The molecule has 9 heteroatoms. The van der Waals surface area contributed by atoms with Crippen molar-refractivity contribution in [3.05, 3.63) is 83.2 Å². The van der Waals surface area contributed by atoms with Gasteiger partial charge in [-0.2, -0.15) is 0 Å². The van der Waals surface area contributed by atoms with Crippen LogP contribution in [0.2, 0.25) is 0 Å². The third-order valence-electron chi connectivity index (χ3n) is 7.29. The predicted molar refractivity (Wildman–Crippen MR) is 158 cm³/mol. The number of rotatable bonds is 7. The van der Waals surface area contributed by atoms with E-state index in [2.05, 4.69) is 15.7 Å². The lowest BCUT2D eigenvalue weighted by molar-refractivity contribution is 0.0964. The number of halogens is 1. The van der Waals surface area contributed by atoms with E-state index < -0.39 is 11.4 Å². The summed E-state index contributed by atoms with van der Waals surface area (Å²) in [4.78, 5) is 13.9. The Morgan fingerprint density at radius 1 is 1.18 bits per heavy atom. The SMILES string of the molecule is CNC(=O)c1c(-c2ccc(F)cc2)oc2cc(N(C)SC)c([C@@H]3CCCN([S+]([O-])c4ccc(C)cc4)C3)cc12. The smallest absolute Gasteiger partial charge is 0.255 e. The van der Waals surface area contributed by atoms with Crippen LogP contribution in [0.1, 0.15) is 40.2 Å². The van der Waals surface area contributed by atoms with Gasteiger partial charge in [0.1, 0.15) is 17.2 Å². The maximum atomic E-state index is 13.6. The van der Waals surface area contributed by atoms with Crippen molar-refractivity contribution < 1.29 is 18.2 Å². The van der Waals surface area contributed by atoms with Crippen LogP contribution in [-0.4, -0.2) is 48.2 Å². The number of nitrogens with one attached hydrogen (secondary N) is 1. The van der Waals surface area contributed by atoms with E-state index in [4.69, 9.17) is 4.42 Å². The number of carbonyl (C=O) groups is 1. The second-order valence-electron chi connectivity index (χ2n) is 9.77. The average Bonchev–Trinajstić information content (AvgIpc) is 3.34. The van der Waals surface area contributed by atoms with Crippen molar-refractivity contribution in [3.8, 4) is 11.3 Å². The van der Waals surface area contributed by atoms with Gasteiger partial charge in [-0.05, 0) is 67.8 Å². The van der Waals surface area contributed by atoms with Crippen LogP contribution in [0, 0.1) is 12.7 Å². The molecular formula is C30H32FN3O3S2. The fourth-order valence-corrected chi connectivity index (χ4v) is 6.78. The maximum absolute atomic E-state index is 13.6. The van der Waals surface area contributed by atoms with Crippen molar-refractivity contribution in [2.45, 2.75) is 30.6 Å². The van der Waals surface area contributed by atoms with Gasteiger partial charge in [0.05, 0.1) is 29.2 Å². The van der Waals surface area contributed by atoms with Gasteiger partial charge in [-0.1, -0.05) is 29.6 Å². The first-order chi connectivity index (χ1) is 18.8. The van der Waals surface area contributed by atoms with Gasteiger partial charge < -0.3 is 18.6 Å². The molecule has 1 aliphatic heterocycles. The number of amides is 1. The minimum Gasteiger partial charge on any atom is -0.593 e. The summed E-state index contributed by atoms with van der Waals surface area (Å²) < 4.78 is 37.5. The number of nitrogens with zero attached hydrogens (tertiary/aromatic N) is 2. The molecule has 6 nitrogen and oxygen atoms in total. The molecule has 1 aromatic heterocycles. The molecular weight excluding hydrogens is 533 g/mol. The van der Waals surface area contributed by atoms with Crippen LogP contribution >= 0.6 is 11.9 Å². The Hall–Kier alpha value is -2.98. The Bertz CT molecular complexity index is 1470. The lowest BCUT2D eigenvalue weighted by Gasteiger charge is -2.34. The highest BCUT2D eigenvalue weighted by Gasteiger charge is 2.33. The van der Waals surface area contributed by atoms with Crippen molar-refractivity contribution in [1.82, 2.24) is 9.62 Å². The number of furan rings is 1. The summed E-state index contributed by atoms with van der Waals surface area (Å²) in [6, 6.07) is 17.9. The third-order valence-corrected chi connectivity index (χ3v) is 9.51. The quantitative estimate of drug-likeness (QED) is 0.203. The molecule has 2 heterocycles. The number of fused-ring (bicyclic) bond motifs is 1. The summed E-state index contributed by atoms with van der Waals surface area (Å²) in [7, 11) is 3.59. The van der Waals surface area contributed by atoms with Crippen LogP contribution in [0.4, 0.5) is 10.1 Å². The van der Waals surface area contributed by atoms with Gasteiger partial charge in [-0.3, -0.25) is 4.79 Å². The number of carbonyl (C=O) groups excluding carboxylic acids is 1. The molecule has 1 aliphatic rings. The van der Waals surface area contributed by atoms with Gasteiger partial charge in [0.15, 0.2) is 4.90 Å². The molecule has 204 valence electrons. The van der Waals surface area contributed by atoms with Crippen LogP contribution in [-0.2, 0) is 11.4 Å². The standard InChI is InChI=1S/C30H32FN3O3S2/c1-19-7-13-23(14-8-19)39(36)34-15-5-6-21(18-34)24-16-25-27(17-26(24)33(3)38-4)37-29(28(25)30(35)32-2)20-9-11-22(31)12-10-20/h7-14,16-17,21H,5-6,15,18H2,1-4H3,(H,32,35)/t21-,39?/m1/s1. The Kier molecular flexibility index (Phi) is 8.23. The van der Waals surface area contributed by atoms with Gasteiger partial charge in [0.25, 0.3) is 5.91 Å². The van der Waals surface area contributed by atoms with Crippen LogP contribution in [0.3, 0.4) is 0 Å². The molecule has 0 saturated carbocycles. The highest BCUT2D eigenvalue weighted by atomic mass is 32.2. The zero-order valence-corrected chi connectivity index (χ0v) is 24.1. The number of aryl methyl sites for hydroxylation is 1. The molecule has 2 atom stereocenters. The van der Waals surface area contributed by atoms with E-state index in [1.165, 1.54) is 12.1 Å². The molecule has 1 N–H and O–H groups in total. The Morgan fingerprint density at radius 3 is 2.56 bits per heavy atom. The lowest BCUT2D eigenvalue weighted by atomic mass is 9.89. The van der Waals surface area contributed by atoms with E-state index in [-0.39, 0.29) is 17.6 Å². The van der Waals surface area contributed by atoms with Crippen molar-refractivity contribution in [2.24, 2.45) is 0 Å². The molecule has 1 amide bonds. The van der Waals surface area contributed by atoms with Gasteiger partial charge >= 0.3 is 0 Å². The van der Waals surface area contributed by atoms with Crippen LogP contribution < -0.4 is 9.62 Å². The molecule has 1 fully saturated rings. The zero-order chi connectivity index (χ0) is 27.7. The topological polar surface area (TPSA) is 71.8 Å². The van der Waals surface area contributed by atoms with Crippen LogP contribution in [0.5, 0.6) is 0 Å². The predicted octanol–water partition coefficient (Wildman–Crippen LogP) is 6.52. The Balaban J connectivity index is 1.59. The van der Waals surface area contributed by atoms with E-state index in [0.29, 0.717) is 34.4 Å². The van der Waals surface area contributed by atoms with E-state index in [9.17, 15) is 13.7 Å². The van der Waals surface area contributed by atoms with E-state index >= 15 is 0 Å². The van der Waals surface area contributed by atoms with Gasteiger partial charge in [-0.15, -0.1) is 4.31 Å². The van der Waals surface area contributed by atoms with Gasteiger partial charge in [-0.25, -0.2) is 4.39 Å².